The lowest BCUT2D eigenvalue weighted by Crippen LogP contribution is -2.32. The van der Waals surface area contributed by atoms with E-state index in [9.17, 15) is 0 Å². The fraction of sp³-hybridized carbons (Fsp3) is 0.438. The summed E-state index contributed by atoms with van der Waals surface area (Å²) < 4.78 is 0. The molecule has 2 aromatic rings. The number of benzene rings is 1. The van der Waals surface area contributed by atoms with Gasteiger partial charge >= 0.3 is 0 Å². The molecule has 2 rings (SSSR count). The van der Waals surface area contributed by atoms with Gasteiger partial charge in [-0.25, -0.2) is 4.98 Å². The lowest BCUT2D eigenvalue weighted by atomic mass is 10.0. The second-order valence-electron chi connectivity index (χ2n) is 5.02. The predicted octanol–water partition coefficient (Wildman–Crippen LogP) is 3.99. The van der Waals surface area contributed by atoms with Crippen LogP contribution >= 0.6 is 11.3 Å². The highest BCUT2D eigenvalue weighted by atomic mass is 32.1. The van der Waals surface area contributed by atoms with Crippen LogP contribution in [0.1, 0.15) is 25.8 Å². The first-order valence-electron chi connectivity index (χ1n) is 6.94. The van der Waals surface area contributed by atoms with Crippen molar-refractivity contribution in [1.82, 2.24) is 10.3 Å². The quantitative estimate of drug-likeness (QED) is 0.861. The van der Waals surface area contributed by atoms with Crippen LogP contribution in [-0.4, -0.2) is 17.6 Å². The maximum atomic E-state index is 4.75. The molecule has 102 valence electrons. The molecule has 0 radical (unpaired) electrons. The Kier molecular flexibility index (Phi) is 5.11. The van der Waals surface area contributed by atoms with Crippen LogP contribution in [0.3, 0.4) is 0 Å². The molecule has 1 heterocycles. The number of nitrogens with one attached hydrogen (secondary N) is 1. The van der Waals surface area contributed by atoms with E-state index >= 15 is 0 Å². The van der Waals surface area contributed by atoms with Crippen molar-refractivity contribution in [3.63, 3.8) is 0 Å². The van der Waals surface area contributed by atoms with E-state index in [1.807, 2.05) is 6.07 Å². The first-order chi connectivity index (χ1) is 9.20. The zero-order valence-electron chi connectivity index (χ0n) is 11.9. The highest BCUT2D eigenvalue weighted by molar-refractivity contribution is 7.09. The molecule has 2 nitrogen and oxygen atoms in total. The average Bonchev–Trinajstić information content (AvgIpc) is 2.88. The van der Waals surface area contributed by atoms with Gasteiger partial charge in [0.25, 0.3) is 0 Å². The van der Waals surface area contributed by atoms with Gasteiger partial charge in [0.1, 0.15) is 0 Å². The third-order valence-corrected chi connectivity index (χ3v) is 4.37. The van der Waals surface area contributed by atoms with Crippen molar-refractivity contribution >= 4 is 11.3 Å². The fourth-order valence-corrected chi connectivity index (χ4v) is 3.07. The Balaban J connectivity index is 2.02. The zero-order chi connectivity index (χ0) is 13.7. The van der Waals surface area contributed by atoms with E-state index in [4.69, 9.17) is 4.98 Å². The molecule has 0 aliphatic rings. The van der Waals surface area contributed by atoms with Crippen LogP contribution in [0, 0.1) is 5.92 Å². The van der Waals surface area contributed by atoms with Crippen LogP contribution in [0.2, 0.25) is 0 Å². The Labute approximate surface area is 119 Å². The van der Waals surface area contributed by atoms with Crippen LogP contribution in [0.25, 0.3) is 11.3 Å². The number of rotatable bonds is 6. The summed E-state index contributed by atoms with van der Waals surface area (Å²) in [6.07, 6.45) is 1.05. The molecule has 0 spiro atoms. The van der Waals surface area contributed by atoms with E-state index in [1.54, 1.807) is 11.3 Å². The van der Waals surface area contributed by atoms with E-state index in [2.05, 4.69) is 55.7 Å². The van der Waals surface area contributed by atoms with E-state index in [0.29, 0.717) is 12.0 Å². The number of nitrogens with zero attached hydrogens (tertiary/aromatic N) is 1. The maximum absolute atomic E-state index is 4.75. The van der Waals surface area contributed by atoms with Crippen molar-refractivity contribution in [1.29, 1.82) is 0 Å². The van der Waals surface area contributed by atoms with E-state index in [1.165, 1.54) is 10.6 Å². The summed E-state index contributed by atoms with van der Waals surface area (Å²) >= 11 is 1.77. The number of thiazole rings is 1. The molecule has 19 heavy (non-hydrogen) atoms. The van der Waals surface area contributed by atoms with E-state index < -0.39 is 0 Å². The molecular weight excluding hydrogens is 252 g/mol. The molecule has 0 bridgehead atoms. The van der Waals surface area contributed by atoms with Crippen LogP contribution in [0.15, 0.2) is 35.7 Å². The minimum Gasteiger partial charge on any atom is -0.314 e. The van der Waals surface area contributed by atoms with Gasteiger partial charge in [-0.05, 0) is 19.4 Å². The van der Waals surface area contributed by atoms with E-state index in [-0.39, 0.29) is 0 Å². The first-order valence-corrected chi connectivity index (χ1v) is 7.82. The molecule has 0 saturated carbocycles. The van der Waals surface area contributed by atoms with Crippen molar-refractivity contribution < 1.29 is 0 Å². The number of aromatic nitrogens is 1. The molecule has 0 fully saturated rings. The van der Waals surface area contributed by atoms with Gasteiger partial charge < -0.3 is 5.32 Å². The highest BCUT2D eigenvalue weighted by Gasteiger charge is 2.14. The summed E-state index contributed by atoms with van der Waals surface area (Å²) in [6.45, 7) is 7.72. The van der Waals surface area contributed by atoms with Crippen LogP contribution in [0.5, 0.6) is 0 Å². The Morgan fingerprint density at radius 1 is 1.21 bits per heavy atom. The highest BCUT2D eigenvalue weighted by Crippen LogP contribution is 2.23. The summed E-state index contributed by atoms with van der Waals surface area (Å²) in [5, 5.41) is 6.88. The van der Waals surface area contributed by atoms with Gasteiger partial charge in [-0.15, -0.1) is 11.3 Å². The summed E-state index contributed by atoms with van der Waals surface area (Å²) in [5.74, 6) is 0.606. The monoisotopic (exact) mass is 274 g/mol. The second kappa shape index (κ2) is 6.83. The van der Waals surface area contributed by atoms with Crippen molar-refractivity contribution in [2.45, 2.75) is 33.2 Å². The maximum Gasteiger partial charge on any atom is 0.0935 e. The molecular formula is C16H22N2S. The SMILES string of the molecule is CCNC(C)C(C)Cc1nc(-c2ccccc2)cs1. The number of hydrogen-bond acceptors (Lipinski definition) is 3. The molecule has 0 aliphatic carbocycles. The van der Waals surface area contributed by atoms with Gasteiger partial charge in [0, 0.05) is 23.4 Å². The molecule has 0 aliphatic heterocycles. The van der Waals surface area contributed by atoms with Gasteiger partial charge in [0.05, 0.1) is 10.7 Å². The smallest absolute Gasteiger partial charge is 0.0935 e. The Hall–Kier alpha value is -1.19. The van der Waals surface area contributed by atoms with Crippen molar-refractivity contribution in [3.05, 3.63) is 40.7 Å². The normalized spacial score (nSPS) is 14.3. The Bertz CT molecular complexity index is 492. The lowest BCUT2D eigenvalue weighted by molar-refractivity contribution is 0.406. The molecule has 0 saturated heterocycles. The van der Waals surface area contributed by atoms with E-state index in [0.717, 1.165) is 18.7 Å². The largest absolute Gasteiger partial charge is 0.314 e. The van der Waals surface area contributed by atoms with Crippen molar-refractivity contribution in [2.75, 3.05) is 6.54 Å². The van der Waals surface area contributed by atoms with Crippen LogP contribution < -0.4 is 5.32 Å². The molecule has 3 heteroatoms. The molecule has 2 atom stereocenters. The molecule has 1 aromatic carbocycles. The van der Waals surface area contributed by atoms with Crippen LogP contribution in [-0.2, 0) is 6.42 Å². The third kappa shape index (κ3) is 3.88. The van der Waals surface area contributed by atoms with Gasteiger partial charge in [0.15, 0.2) is 0 Å². The van der Waals surface area contributed by atoms with Gasteiger partial charge in [0.2, 0.25) is 0 Å². The van der Waals surface area contributed by atoms with Crippen molar-refractivity contribution in [2.24, 2.45) is 5.92 Å². The lowest BCUT2D eigenvalue weighted by Gasteiger charge is -2.19. The Morgan fingerprint density at radius 2 is 1.95 bits per heavy atom. The molecule has 1 N–H and O–H groups in total. The zero-order valence-corrected chi connectivity index (χ0v) is 12.7. The van der Waals surface area contributed by atoms with Crippen LogP contribution in [0.4, 0.5) is 0 Å². The first kappa shape index (κ1) is 14.2. The third-order valence-electron chi connectivity index (χ3n) is 3.50. The molecule has 0 amide bonds. The topological polar surface area (TPSA) is 24.9 Å². The molecule has 1 aromatic heterocycles. The summed E-state index contributed by atoms with van der Waals surface area (Å²) in [5.41, 5.74) is 2.31. The van der Waals surface area contributed by atoms with Gasteiger partial charge in [-0.3, -0.25) is 0 Å². The summed E-state index contributed by atoms with van der Waals surface area (Å²) in [7, 11) is 0. The van der Waals surface area contributed by atoms with Gasteiger partial charge in [-0.1, -0.05) is 44.2 Å². The average molecular weight is 274 g/mol. The number of hydrogen-bond donors (Lipinski definition) is 1. The predicted molar refractivity (Wildman–Crippen MR) is 83.6 cm³/mol. The molecule has 2 unspecified atom stereocenters. The Morgan fingerprint density at radius 3 is 2.63 bits per heavy atom. The minimum atomic E-state index is 0.536. The summed E-state index contributed by atoms with van der Waals surface area (Å²) in [6, 6.07) is 10.9. The minimum absolute atomic E-state index is 0.536. The standard InChI is InChI=1S/C16H22N2S/c1-4-17-13(3)12(2)10-16-18-15(11-19-16)14-8-6-5-7-9-14/h5-9,11-13,17H,4,10H2,1-3H3. The van der Waals surface area contributed by atoms with Gasteiger partial charge in [-0.2, -0.15) is 0 Å². The van der Waals surface area contributed by atoms with Crippen molar-refractivity contribution in [3.8, 4) is 11.3 Å². The summed E-state index contributed by atoms with van der Waals surface area (Å²) in [4.78, 5) is 4.75. The second-order valence-corrected chi connectivity index (χ2v) is 5.96. The fourth-order valence-electron chi connectivity index (χ4n) is 2.12.